The van der Waals surface area contributed by atoms with Gasteiger partial charge in [0.1, 0.15) is 0 Å². The first-order valence-electron chi connectivity index (χ1n) is 12.2. The number of hydrogen-bond donors (Lipinski definition) is 0. The van der Waals surface area contributed by atoms with E-state index in [1.165, 1.54) is 64.5 Å². The summed E-state index contributed by atoms with van der Waals surface area (Å²) in [4.78, 5) is 0. The van der Waals surface area contributed by atoms with Crippen molar-refractivity contribution < 1.29 is 17.7 Å². The molecule has 6 nitrogen and oxygen atoms in total. The highest BCUT2D eigenvalue weighted by atomic mass is 28.4. The molecule has 3 fully saturated rings. The summed E-state index contributed by atoms with van der Waals surface area (Å²) < 4.78 is 27.8. The molecule has 0 amide bonds. The van der Waals surface area contributed by atoms with Gasteiger partial charge in [0.2, 0.25) is 0 Å². The third-order valence-electron chi connectivity index (χ3n) is 7.78. The number of piperidine rings is 2. The SMILES string of the molecule is CC[Si](OC)(OC)N1CCC2CCCCC2C1.CC[Si](OC)(OC)N1CCCCC1. The van der Waals surface area contributed by atoms with Crippen LogP contribution >= 0.6 is 0 Å². The minimum absolute atomic E-state index is 0.904. The highest BCUT2D eigenvalue weighted by Crippen LogP contribution is 2.38. The van der Waals surface area contributed by atoms with Crippen LogP contribution in [0.2, 0.25) is 12.1 Å². The Hall–Kier alpha value is 0.194. The maximum absolute atomic E-state index is 5.80. The van der Waals surface area contributed by atoms with E-state index in [-0.39, 0.29) is 0 Å². The van der Waals surface area contributed by atoms with E-state index in [2.05, 4.69) is 23.0 Å². The largest absolute Gasteiger partial charge is 0.426 e. The first-order valence-corrected chi connectivity index (χ1v) is 16.2. The molecule has 0 aromatic carbocycles. The molecular weight excluding hydrogens is 412 g/mol. The third kappa shape index (κ3) is 6.16. The second kappa shape index (κ2) is 13.0. The Kier molecular flexibility index (Phi) is 11.5. The normalized spacial score (nSPS) is 26.6. The Labute approximate surface area is 188 Å². The lowest BCUT2D eigenvalue weighted by Crippen LogP contribution is -2.61. The number of rotatable bonds is 8. The average molecular weight is 461 g/mol. The van der Waals surface area contributed by atoms with E-state index in [1.54, 1.807) is 14.2 Å². The van der Waals surface area contributed by atoms with Gasteiger partial charge >= 0.3 is 17.4 Å². The van der Waals surface area contributed by atoms with Crippen LogP contribution in [0.3, 0.4) is 0 Å². The van der Waals surface area contributed by atoms with Gasteiger partial charge in [-0.3, -0.25) is 9.13 Å². The summed E-state index contributed by atoms with van der Waals surface area (Å²) in [7, 11) is 3.18. The van der Waals surface area contributed by atoms with Gasteiger partial charge < -0.3 is 17.7 Å². The first kappa shape index (κ1) is 26.4. The zero-order valence-electron chi connectivity index (χ0n) is 20.6. The van der Waals surface area contributed by atoms with Crippen LogP contribution in [0.5, 0.6) is 0 Å². The molecule has 1 aliphatic carbocycles. The number of fused-ring (bicyclic) bond motifs is 1. The molecule has 178 valence electrons. The van der Waals surface area contributed by atoms with Crippen molar-refractivity contribution in [2.75, 3.05) is 54.6 Å². The first-order chi connectivity index (χ1) is 14.5. The van der Waals surface area contributed by atoms with Crippen LogP contribution in [0.4, 0.5) is 0 Å². The maximum atomic E-state index is 5.80. The van der Waals surface area contributed by atoms with Gasteiger partial charge in [-0.25, -0.2) is 0 Å². The summed E-state index contributed by atoms with van der Waals surface area (Å²) in [6.07, 6.45) is 11.1. The van der Waals surface area contributed by atoms with Crippen LogP contribution in [-0.2, 0) is 17.7 Å². The fourth-order valence-corrected chi connectivity index (χ4v) is 11.2. The van der Waals surface area contributed by atoms with Crippen molar-refractivity contribution in [3.63, 3.8) is 0 Å². The van der Waals surface area contributed by atoms with Crippen LogP contribution in [0.15, 0.2) is 0 Å². The lowest BCUT2D eigenvalue weighted by molar-refractivity contribution is 0.0809. The summed E-state index contributed by atoms with van der Waals surface area (Å²) in [6, 6.07) is 2.04. The Morgan fingerprint density at radius 3 is 1.60 bits per heavy atom. The molecule has 0 bridgehead atoms. The molecule has 2 unspecified atom stereocenters. The van der Waals surface area contributed by atoms with E-state index in [4.69, 9.17) is 17.7 Å². The smallest absolute Gasteiger partial charge is 0.386 e. The summed E-state index contributed by atoms with van der Waals surface area (Å²) >= 11 is 0. The molecule has 0 aromatic heterocycles. The van der Waals surface area contributed by atoms with Gasteiger partial charge in [-0.15, -0.1) is 0 Å². The minimum Gasteiger partial charge on any atom is -0.386 e. The second-order valence-corrected chi connectivity index (χ2v) is 16.2. The molecule has 0 radical (unpaired) electrons. The van der Waals surface area contributed by atoms with E-state index >= 15 is 0 Å². The molecule has 0 spiro atoms. The zero-order valence-corrected chi connectivity index (χ0v) is 22.6. The Balaban J connectivity index is 0.000000222. The van der Waals surface area contributed by atoms with Crippen molar-refractivity contribution in [3.05, 3.63) is 0 Å². The molecule has 2 heterocycles. The topological polar surface area (TPSA) is 43.4 Å². The Morgan fingerprint density at radius 1 is 0.600 bits per heavy atom. The van der Waals surface area contributed by atoms with Crippen molar-refractivity contribution >= 4 is 17.4 Å². The van der Waals surface area contributed by atoms with Crippen LogP contribution in [0, 0.1) is 11.8 Å². The molecule has 8 heteroatoms. The fraction of sp³-hybridized carbons (Fsp3) is 1.00. The van der Waals surface area contributed by atoms with Crippen LogP contribution in [0.25, 0.3) is 0 Å². The minimum atomic E-state index is -2.06. The summed E-state index contributed by atoms with van der Waals surface area (Å²) in [6.45, 7) is 9.07. The van der Waals surface area contributed by atoms with Gasteiger partial charge in [-0.2, -0.15) is 0 Å². The summed E-state index contributed by atoms with van der Waals surface area (Å²) in [5.41, 5.74) is 0. The van der Waals surface area contributed by atoms with Gasteiger partial charge in [0.25, 0.3) is 0 Å². The van der Waals surface area contributed by atoms with Gasteiger partial charge in [0, 0.05) is 40.5 Å². The molecule has 1 saturated carbocycles. The predicted octanol–water partition coefficient (Wildman–Crippen LogP) is 4.47. The van der Waals surface area contributed by atoms with Gasteiger partial charge in [-0.05, 0) is 63.7 Å². The van der Waals surface area contributed by atoms with Crippen molar-refractivity contribution in [2.24, 2.45) is 11.8 Å². The van der Waals surface area contributed by atoms with Crippen molar-refractivity contribution in [1.82, 2.24) is 9.13 Å². The molecule has 0 N–H and O–H groups in total. The summed E-state index contributed by atoms with van der Waals surface area (Å²) in [5, 5.41) is 0. The number of nitrogens with zero attached hydrogens (tertiary/aromatic N) is 2. The van der Waals surface area contributed by atoms with E-state index in [1.807, 2.05) is 14.2 Å². The molecule has 3 aliphatic rings. The van der Waals surface area contributed by atoms with Crippen LogP contribution < -0.4 is 0 Å². The Bertz CT molecular complexity index is 456. The second-order valence-electron chi connectivity index (χ2n) is 9.04. The molecule has 2 atom stereocenters. The predicted molar refractivity (Wildman–Crippen MR) is 128 cm³/mol. The van der Waals surface area contributed by atoms with E-state index in [0.717, 1.165) is 37.0 Å². The lowest BCUT2D eigenvalue weighted by atomic mass is 9.76. The van der Waals surface area contributed by atoms with Gasteiger partial charge in [0.15, 0.2) is 0 Å². The van der Waals surface area contributed by atoms with E-state index in [9.17, 15) is 0 Å². The third-order valence-corrected chi connectivity index (χ3v) is 14.9. The van der Waals surface area contributed by atoms with E-state index in [0.29, 0.717) is 0 Å². The highest BCUT2D eigenvalue weighted by Gasteiger charge is 2.45. The lowest BCUT2D eigenvalue weighted by Gasteiger charge is -2.46. The van der Waals surface area contributed by atoms with Crippen molar-refractivity contribution in [3.8, 4) is 0 Å². The molecule has 0 aromatic rings. The van der Waals surface area contributed by atoms with Crippen molar-refractivity contribution in [2.45, 2.75) is 77.3 Å². The van der Waals surface area contributed by atoms with Gasteiger partial charge in [0.05, 0.1) is 0 Å². The van der Waals surface area contributed by atoms with Gasteiger partial charge in [-0.1, -0.05) is 39.5 Å². The molecule has 30 heavy (non-hydrogen) atoms. The zero-order chi connectivity index (χ0) is 22.0. The molecule has 3 rings (SSSR count). The monoisotopic (exact) mass is 460 g/mol. The fourth-order valence-electron chi connectivity index (χ4n) is 5.85. The van der Waals surface area contributed by atoms with Crippen molar-refractivity contribution in [1.29, 1.82) is 0 Å². The quantitative estimate of drug-likeness (QED) is 0.498. The number of hydrogen-bond acceptors (Lipinski definition) is 6. The van der Waals surface area contributed by atoms with Crippen LogP contribution in [-0.4, -0.2) is 81.2 Å². The molecular formula is C22H48N2O4Si2. The van der Waals surface area contributed by atoms with E-state index < -0.39 is 17.4 Å². The van der Waals surface area contributed by atoms with Crippen LogP contribution in [0.1, 0.15) is 65.2 Å². The summed E-state index contributed by atoms with van der Waals surface area (Å²) in [5.74, 6) is 1.89. The maximum Gasteiger partial charge on any atom is 0.426 e. The Morgan fingerprint density at radius 2 is 1.10 bits per heavy atom. The highest BCUT2D eigenvalue weighted by molar-refractivity contribution is 6.64. The standard InChI is InChI=1S/C13H27NO2Si.C9H21NO2Si/c1-4-17(15-2,16-3)14-10-9-12-7-5-6-8-13(12)11-14;1-4-13(11-2,12-3)10-8-6-5-7-9-10/h12-13H,4-11H2,1-3H3;4-9H2,1-3H3. The molecule has 2 saturated heterocycles. The average Bonchev–Trinajstić information content (AvgIpc) is 2.83. The molecule has 2 aliphatic heterocycles.